The molecule has 2 aromatic carbocycles. The Morgan fingerprint density at radius 2 is 1.88 bits per heavy atom. The van der Waals surface area contributed by atoms with Crippen LogP contribution in [0.4, 0.5) is 5.69 Å². The average Bonchev–Trinajstić information content (AvgIpc) is 2.67. The minimum Gasteiger partial charge on any atom is -0.453 e. The highest BCUT2D eigenvalue weighted by atomic mass is 16.3. The molecule has 2 aromatic rings. The lowest BCUT2D eigenvalue weighted by Crippen LogP contribution is -2.21. The van der Waals surface area contributed by atoms with Gasteiger partial charge in [-0.15, -0.1) is 0 Å². The van der Waals surface area contributed by atoms with Gasteiger partial charge in [0.25, 0.3) is 0 Å². The summed E-state index contributed by atoms with van der Waals surface area (Å²) in [7, 11) is 0. The first kappa shape index (κ1) is 16.1. The third-order valence-electron chi connectivity index (χ3n) is 4.69. The molecule has 0 bridgehead atoms. The molecule has 0 radical (unpaired) electrons. The van der Waals surface area contributed by atoms with Crippen molar-refractivity contribution in [3.63, 3.8) is 0 Å². The van der Waals surface area contributed by atoms with Gasteiger partial charge in [-0.3, -0.25) is 4.79 Å². The average molecular weight is 343 g/mol. The Bertz CT molecular complexity index is 1200. The maximum absolute atomic E-state index is 12.5. The van der Waals surface area contributed by atoms with E-state index in [2.05, 4.69) is 24.8 Å². The molecule has 0 spiro atoms. The number of anilines is 1. The summed E-state index contributed by atoms with van der Waals surface area (Å²) in [5.74, 6) is 0.455. The third kappa shape index (κ3) is 2.47. The van der Waals surface area contributed by atoms with Gasteiger partial charge < -0.3 is 9.32 Å². The zero-order valence-electron chi connectivity index (χ0n) is 14.6. The highest BCUT2D eigenvalue weighted by Crippen LogP contribution is 2.31. The first-order valence-electron chi connectivity index (χ1n) is 8.61. The van der Waals surface area contributed by atoms with Crippen LogP contribution in [-0.4, -0.2) is 18.1 Å². The zero-order chi connectivity index (χ0) is 18.3. The van der Waals surface area contributed by atoms with E-state index in [0.717, 1.165) is 24.3 Å². The summed E-state index contributed by atoms with van der Waals surface area (Å²) in [5, 5.41) is 10.2. The number of fused-ring (bicyclic) bond motifs is 4. The maximum Gasteiger partial charge on any atom is 0.190 e. The minimum absolute atomic E-state index is 0.172. The van der Waals surface area contributed by atoms with Crippen LogP contribution in [0.15, 0.2) is 51.7 Å². The second kappa shape index (κ2) is 6.16. The zero-order valence-corrected chi connectivity index (χ0v) is 14.6. The molecule has 5 nitrogen and oxygen atoms in total. The lowest BCUT2D eigenvalue weighted by molar-refractivity contribution is 0.613. The van der Waals surface area contributed by atoms with Crippen molar-refractivity contribution in [3.8, 4) is 17.5 Å². The predicted molar refractivity (Wildman–Crippen MR) is 103 cm³/mol. The second-order valence-electron chi connectivity index (χ2n) is 6.13. The van der Waals surface area contributed by atoms with E-state index in [1.54, 1.807) is 18.2 Å². The molecule has 1 aliphatic heterocycles. The van der Waals surface area contributed by atoms with Crippen molar-refractivity contribution in [3.05, 3.63) is 58.3 Å². The normalized spacial score (nSPS) is 11.1. The topological polar surface area (TPSA) is 70.1 Å². The van der Waals surface area contributed by atoms with Crippen LogP contribution in [0, 0.1) is 11.3 Å². The van der Waals surface area contributed by atoms with E-state index in [-0.39, 0.29) is 5.43 Å². The number of hydrogen-bond donors (Lipinski definition) is 0. The van der Waals surface area contributed by atoms with E-state index < -0.39 is 0 Å². The third-order valence-corrected chi connectivity index (χ3v) is 4.69. The van der Waals surface area contributed by atoms with Crippen LogP contribution < -0.4 is 10.3 Å². The predicted octanol–water partition coefficient (Wildman–Crippen LogP) is 4.16. The number of benzene rings is 3. The molecule has 128 valence electrons. The van der Waals surface area contributed by atoms with Crippen molar-refractivity contribution in [2.24, 2.45) is 0 Å². The molecule has 26 heavy (non-hydrogen) atoms. The van der Waals surface area contributed by atoms with Gasteiger partial charge in [0.15, 0.2) is 16.8 Å². The quantitative estimate of drug-likeness (QED) is 0.412. The molecule has 1 aliphatic carbocycles. The maximum atomic E-state index is 12.5. The van der Waals surface area contributed by atoms with E-state index in [0.29, 0.717) is 33.4 Å². The van der Waals surface area contributed by atoms with Crippen molar-refractivity contribution < 1.29 is 4.42 Å². The van der Waals surface area contributed by atoms with Crippen LogP contribution in [0.25, 0.3) is 33.3 Å². The molecule has 0 saturated carbocycles. The lowest BCUT2D eigenvalue weighted by Gasteiger charge is -2.21. The van der Waals surface area contributed by atoms with Gasteiger partial charge in [-0.05, 0) is 38.1 Å². The summed E-state index contributed by atoms with van der Waals surface area (Å²) < 4.78 is 6.02. The smallest absolute Gasteiger partial charge is 0.190 e. The van der Waals surface area contributed by atoms with Crippen LogP contribution in [0.2, 0.25) is 0 Å². The van der Waals surface area contributed by atoms with Crippen LogP contribution in [0.5, 0.6) is 0 Å². The first-order chi connectivity index (χ1) is 12.6. The Kier molecular flexibility index (Phi) is 3.81. The van der Waals surface area contributed by atoms with Crippen molar-refractivity contribution in [1.29, 1.82) is 5.26 Å². The van der Waals surface area contributed by atoms with Gasteiger partial charge in [0.2, 0.25) is 0 Å². The van der Waals surface area contributed by atoms with Crippen LogP contribution in [-0.2, 0) is 0 Å². The molecule has 0 aromatic heterocycles. The Labute approximate surface area is 150 Å². The molecule has 4 rings (SSSR count). The number of hydrogen-bond acceptors (Lipinski definition) is 5. The second-order valence-corrected chi connectivity index (χ2v) is 6.13. The van der Waals surface area contributed by atoms with Gasteiger partial charge in [0, 0.05) is 41.7 Å². The first-order valence-corrected chi connectivity index (χ1v) is 8.61. The molecular weight excluding hydrogens is 326 g/mol. The molecule has 1 heterocycles. The summed E-state index contributed by atoms with van der Waals surface area (Å²) >= 11 is 0. The van der Waals surface area contributed by atoms with E-state index in [1.807, 2.05) is 18.2 Å². The Balaban J connectivity index is 2.01. The Hall–Kier alpha value is -3.39. The summed E-state index contributed by atoms with van der Waals surface area (Å²) in [5.41, 5.74) is 3.36. The summed E-state index contributed by atoms with van der Waals surface area (Å²) in [6, 6.07) is 14.5. The lowest BCUT2D eigenvalue weighted by atomic mass is 10.0. The van der Waals surface area contributed by atoms with Crippen molar-refractivity contribution in [2.45, 2.75) is 13.8 Å². The van der Waals surface area contributed by atoms with E-state index in [4.69, 9.17) is 14.7 Å². The van der Waals surface area contributed by atoms with Gasteiger partial charge in [-0.1, -0.05) is 6.07 Å². The number of rotatable bonds is 3. The van der Waals surface area contributed by atoms with Gasteiger partial charge in [-0.25, -0.2) is 4.98 Å². The van der Waals surface area contributed by atoms with E-state index >= 15 is 0 Å². The number of aromatic nitrogens is 1. The summed E-state index contributed by atoms with van der Waals surface area (Å²) in [6.07, 6.45) is 0. The Morgan fingerprint density at radius 1 is 1.08 bits per heavy atom. The largest absolute Gasteiger partial charge is 0.453 e. The highest BCUT2D eigenvalue weighted by Gasteiger charge is 2.16. The number of nitriles is 1. The standard InChI is InChI=1S/C21H17N3O2/c1-3-24(4-2)14-6-8-17-19(10-14)26-20-11-18(25)16-9-13(12-22)5-7-15(16)21(20)23-17/h5-11H,3-4H2,1-2H3. The van der Waals surface area contributed by atoms with E-state index in [1.165, 1.54) is 6.07 Å². The molecule has 0 saturated heterocycles. The molecule has 0 N–H and O–H groups in total. The SMILES string of the molecule is CCN(CC)c1ccc2nc3c4ccc(C#N)cc4c(=O)cc-3oc2c1. The van der Waals surface area contributed by atoms with Gasteiger partial charge in [0.1, 0.15) is 11.2 Å². The summed E-state index contributed by atoms with van der Waals surface area (Å²) in [4.78, 5) is 19.4. The Morgan fingerprint density at radius 3 is 2.62 bits per heavy atom. The van der Waals surface area contributed by atoms with Gasteiger partial charge in [0.05, 0.1) is 11.6 Å². The molecule has 0 amide bonds. The highest BCUT2D eigenvalue weighted by molar-refractivity contribution is 5.97. The molecule has 0 fully saturated rings. The van der Waals surface area contributed by atoms with E-state index in [9.17, 15) is 4.79 Å². The molecule has 2 aliphatic rings. The van der Waals surface area contributed by atoms with Crippen molar-refractivity contribution >= 4 is 27.6 Å². The van der Waals surface area contributed by atoms with Crippen LogP contribution in [0.3, 0.4) is 0 Å². The molecule has 5 heteroatoms. The molecular formula is C21H17N3O2. The molecule has 0 atom stereocenters. The van der Waals surface area contributed by atoms with Gasteiger partial charge in [-0.2, -0.15) is 5.26 Å². The number of nitrogens with zero attached hydrogens (tertiary/aromatic N) is 3. The van der Waals surface area contributed by atoms with Crippen LogP contribution >= 0.6 is 0 Å². The summed E-state index contributed by atoms with van der Waals surface area (Å²) in [6.45, 7) is 6.02. The van der Waals surface area contributed by atoms with Gasteiger partial charge >= 0.3 is 0 Å². The fraction of sp³-hybridized carbons (Fsp3) is 0.190. The van der Waals surface area contributed by atoms with Crippen LogP contribution in [0.1, 0.15) is 19.4 Å². The monoisotopic (exact) mass is 343 g/mol. The fourth-order valence-corrected chi connectivity index (χ4v) is 3.32. The van der Waals surface area contributed by atoms with Crippen molar-refractivity contribution in [2.75, 3.05) is 18.0 Å². The molecule has 0 unspecified atom stereocenters. The fourth-order valence-electron chi connectivity index (χ4n) is 3.32. The minimum atomic E-state index is -0.172. The van der Waals surface area contributed by atoms with Crippen molar-refractivity contribution in [1.82, 2.24) is 4.98 Å².